The minimum absolute atomic E-state index is 0.180. The van der Waals surface area contributed by atoms with Gasteiger partial charge in [0.05, 0.1) is 12.3 Å². The molecule has 6 heteroatoms. The lowest BCUT2D eigenvalue weighted by Gasteiger charge is -2.12. The molecule has 0 amide bonds. The monoisotopic (exact) mass is 296 g/mol. The molecule has 0 saturated heterocycles. The molecule has 3 N–H and O–H groups in total. The SMILES string of the molecule is CCCOc1cc(N)cc(Nc2cc(F)c(F)cc2F)c1. The van der Waals surface area contributed by atoms with Crippen molar-refractivity contribution in [1.82, 2.24) is 0 Å². The van der Waals surface area contributed by atoms with Crippen LogP contribution < -0.4 is 15.8 Å². The summed E-state index contributed by atoms with van der Waals surface area (Å²) in [5.74, 6) is -2.75. The fraction of sp³-hybridized carbons (Fsp3) is 0.200. The molecule has 0 unspecified atom stereocenters. The lowest BCUT2D eigenvalue weighted by molar-refractivity contribution is 0.318. The first kappa shape index (κ1) is 15.0. The molecule has 112 valence electrons. The van der Waals surface area contributed by atoms with Gasteiger partial charge in [-0.25, -0.2) is 13.2 Å². The molecule has 3 nitrogen and oxygen atoms in total. The number of nitrogens with one attached hydrogen (secondary N) is 1. The molecule has 0 fully saturated rings. The van der Waals surface area contributed by atoms with Crippen molar-refractivity contribution in [1.29, 1.82) is 0 Å². The molecule has 0 atom stereocenters. The number of hydrogen-bond donors (Lipinski definition) is 2. The summed E-state index contributed by atoms with van der Waals surface area (Å²) in [4.78, 5) is 0. The summed E-state index contributed by atoms with van der Waals surface area (Å²) < 4.78 is 45.1. The van der Waals surface area contributed by atoms with Crippen LogP contribution in [0.2, 0.25) is 0 Å². The van der Waals surface area contributed by atoms with Crippen LogP contribution in [0.15, 0.2) is 30.3 Å². The summed E-state index contributed by atoms with van der Waals surface area (Å²) in [5.41, 5.74) is 6.38. The highest BCUT2D eigenvalue weighted by molar-refractivity contribution is 5.66. The van der Waals surface area contributed by atoms with Crippen LogP contribution in [0.25, 0.3) is 0 Å². The number of halogens is 3. The standard InChI is InChI=1S/C15H15F3N2O/c1-2-3-21-11-5-9(19)4-10(6-11)20-15-8-13(17)12(16)7-14(15)18/h4-8,20H,2-3,19H2,1H3. The maximum atomic E-state index is 13.6. The van der Waals surface area contributed by atoms with Crippen molar-refractivity contribution in [2.75, 3.05) is 17.7 Å². The van der Waals surface area contributed by atoms with Crippen molar-refractivity contribution < 1.29 is 17.9 Å². The van der Waals surface area contributed by atoms with Crippen LogP contribution >= 0.6 is 0 Å². The van der Waals surface area contributed by atoms with Crippen molar-refractivity contribution >= 4 is 17.1 Å². The Balaban J connectivity index is 2.27. The van der Waals surface area contributed by atoms with Gasteiger partial charge in [0.1, 0.15) is 11.6 Å². The van der Waals surface area contributed by atoms with Crippen LogP contribution in [-0.2, 0) is 0 Å². The maximum Gasteiger partial charge on any atom is 0.161 e. The third kappa shape index (κ3) is 3.81. The number of rotatable bonds is 5. The summed E-state index contributed by atoms with van der Waals surface area (Å²) in [5, 5.41) is 2.66. The summed E-state index contributed by atoms with van der Waals surface area (Å²) >= 11 is 0. The zero-order valence-electron chi connectivity index (χ0n) is 11.4. The number of nitrogen functional groups attached to an aromatic ring is 1. The zero-order chi connectivity index (χ0) is 15.4. The van der Waals surface area contributed by atoms with E-state index in [2.05, 4.69) is 5.32 Å². The highest BCUT2D eigenvalue weighted by atomic mass is 19.2. The first-order valence-corrected chi connectivity index (χ1v) is 6.44. The molecule has 2 aromatic carbocycles. The maximum absolute atomic E-state index is 13.6. The zero-order valence-corrected chi connectivity index (χ0v) is 11.4. The predicted molar refractivity (Wildman–Crippen MR) is 76.2 cm³/mol. The number of hydrogen-bond acceptors (Lipinski definition) is 3. The Labute approximate surface area is 120 Å². The van der Waals surface area contributed by atoms with E-state index in [0.29, 0.717) is 29.8 Å². The van der Waals surface area contributed by atoms with E-state index in [4.69, 9.17) is 10.5 Å². The number of ether oxygens (including phenoxy) is 1. The second-order valence-corrected chi connectivity index (χ2v) is 4.51. The van der Waals surface area contributed by atoms with Crippen LogP contribution in [-0.4, -0.2) is 6.61 Å². The van der Waals surface area contributed by atoms with Crippen molar-refractivity contribution in [3.05, 3.63) is 47.8 Å². The van der Waals surface area contributed by atoms with E-state index < -0.39 is 17.5 Å². The molecule has 2 aromatic rings. The first-order valence-electron chi connectivity index (χ1n) is 6.44. The van der Waals surface area contributed by atoms with Crippen molar-refractivity contribution in [3.8, 4) is 5.75 Å². The van der Waals surface area contributed by atoms with E-state index in [0.717, 1.165) is 12.5 Å². The Morgan fingerprint density at radius 2 is 1.71 bits per heavy atom. The number of nitrogens with two attached hydrogens (primary N) is 1. The minimum Gasteiger partial charge on any atom is -0.493 e. The van der Waals surface area contributed by atoms with Gasteiger partial charge in [0.25, 0.3) is 0 Å². The van der Waals surface area contributed by atoms with Gasteiger partial charge in [-0.3, -0.25) is 0 Å². The van der Waals surface area contributed by atoms with E-state index >= 15 is 0 Å². The molecular formula is C15H15F3N2O. The van der Waals surface area contributed by atoms with Gasteiger partial charge in [0.15, 0.2) is 11.6 Å². The van der Waals surface area contributed by atoms with E-state index in [1.807, 2.05) is 6.92 Å². The lowest BCUT2D eigenvalue weighted by Crippen LogP contribution is -2.00. The van der Waals surface area contributed by atoms with Crippen LogP contribution in [0, 0.1) is 17.5 Å². The van der Waals surface area contributed by atoms with Crippen LogP contribution in [0.1, 0.15) is 13.3 Å². The van der Waals surface area contributed by atoms with Gasteiger partial charge in [-0.2, -0.15) is 0 Å². The highest BCUT2D eigenvalue weighted by Gasteiger charge is 2.10. The molecule has 0 aromatic heterocycles. The predicted octanol–water partition coefficient (Wildman–Crippen LogP) is 4.22. The fourth-order valence-corrected chi connectivity index (χ4v) is 1.77. The van der Waals surface area contributed by atoms with Crippen LogP contribution in [0.3, 0.4) is 0 Å². The topological polar surface area (TPSA) is 47.3 Å². The normalized spacial score (nSPS) is 10.5. The molecule has 21 heavy (non-hydrogen) atoms. The van der Waals surface area contributed by atoms with Gasteiger partial charge in [-0.1, -0.05) is 6.92 Å². The summed E-state index contributed by atoms with van der Waals surface area (Å²) in [7, 11) is 0. The number of anilines is 3. The molecule has 0 aliphatic rings. The Morgan fingerprint density at radius 1 is 1.00 bits per heavy atom. The largest absolute Gasteiger partial charge is 0.493 e. The van der Waals surface area contributed by atoms with Gasteiger partial charge < -0.3 is 15.8 Å². The molecule has 0 spiro atoms. The molecule has 0 bridgehead atoms. The summed E-state index contributed by atoms with van der Waals surface area (Å²) in [6.45, 7) is 2.48. The minimum atomic E-state index is -1.24. The molecule has 0 saturated carbocycles. The third-order valence-electron chi connectivity index (χ3n) is 2.69. The quantitative estimate of drug-likeness (QED) is 0.641. The molecule has 0 aliphatic heterocycles. The van der Waals surface area contributed by atoms with Crippen LogP contribution in [0.5, 0.6) is 5.75 Å². The molecule has 0 heterocycles. The third-order valence-corrected chi connectivity index (χ3v) is 2.69. The van der Waals surface area contributed by atoms with Crippen LogP contribution in [0.4, 0.5) is 30.2 Å². The summed E-state index contributed by atoms with van der Waals surface area (Å²) in [6.07, 6.45) is 0.829. The molecule has 2 rings (SSSR count). The van der Waals surface area contributed by atoms with Gasteiger partial charge in [-0.15, -0.1) is 0 Å². The molecule has 0 aliphatic carbocycles. The second kappa shape index (κ2) is 6.39. The van der Waals surface area contributed by atoms with E-state index in [1.54, 1.807) is 18.2 Å². The Hall–Kier alpha value is -2.37. The van der Waals surface area contributed by atoms with E-state index in [-0.39, 0.29) is 5.69 Å². The van der Waals surface area contributed by atoms with Crippen molar-refractivity contribution in [3.63, 3.8) is 0 Å². The van der Waals surface area contributed by atoms with Gasteiger partial charge in [-0.05, 0) is 12.5 Å². The Morgan fingerprint density at radius 3 is 2.43 bits per heavy atom. The smallest absolute Gasteiger partial charge is 0.161 e. The van der Waals surface area contributed by atoms with Gasteiger partial charge in [0, 0.05) is 35.6 Å². The number of benzene rings is 2. The van der Waals surface area contributed by atoms with E-state index in [1.165, 1.54) is 0 Å². The van der Waals surface area contributed by atoms with E-state index in [9.17, 15) is 13.2 Å². The van der Waals surface area contributed by atoms with Gasteiger partial charge >= 0.3 is 0 Å². The Kier molecular flexibility index (Phi) is 4.57. The Bertz CT molecular complexity index is 647. The van der Waals surface area contributed by atoms with Crippen molar-refractivity contribution in [2.45, 2.75) is 13.3 Å². The van der Waals surface area contributed by atoms with Gasteiger partial charge in [0.2, 0.25) is 0 Å². The first-order chi connectivity index (χ1) is 9.99. The molecule has 0 radical (unpaired) electrons. The average Bonchev–Trinajstić information content (AvgIpc) is 2.42. The lowest BCUT2D eigenvalue weighted by atomic mass is 10.2. The fourth-order valence-electron chi connectivity index (χ4n) is 1.77. The summed E-state index contributed by atoms with van der Waals surface area (Å²) in [6, 6.07) is 6.01. The second-order valence-electron chi connectivity index (χ2n) is 4.51. The average molecular weight is 296 g/mol. The van der Waals surface area contributed by atoms with Crippen molar-refractivity contribution in [2.24, 2.45) is 0 Å². The highest BCUT2D eigenvalue weighted by Crippen LogP contribution is 2.27. The molecular weight excluding hydrogens is 281 g/mol.